The van der Waals surface area contributed by atoms with Gasteiger partial charge in [0, 0.05) is 24.4 Å². The van der Waals surface area contributed by atoms with Crippen LogP contribution in [0.25, 0.3) is 0 Å². The molecule has 1 atom stereocenters. The van der Waals surface area contributed by atoms with Crippen LogP contribution in [0.2, 0.25) is 0 Å². The standard InChI is InChI=1S/C18H28N2O4/c1-23-15-6-5-13(9-16(15)24-2)14(19)10-17(22)20-11-18(12-21)7-3-4-8-18/h5-6,9,14,21H,3-4,7-8,10-12,19H2,1-2H3,(H,20,22)/t14-/m0/s1. The van der Waals surface area contributed by atoms with Gasteiger partial charge in [0.15, 0.2) is 11.5 Å². The number of amides is 1. The Hall–Kier alpha value is -1.79. The van der Waals surface area contributed by atoms with Crippen LogP contribution in [0.5, 0.6) is 11.5 Å². The molecule has 1 fully saturated rings. The number of nitrogens with one attached hydrogen (secondary N) is 1. The average Bonchev–Trinajstić information content (AvgIpc) is 3.08. The first-order chi connectivity index (χ1) is 11.5. The van der Waals surface area contributed by atoms with Gasteiger partial charge in [-0.1, -0.05) is 18.9 Å². The Morgan fingerprint density at radius 2 is 1.96 bits per heavy atom. The zero-order valence-corrected chi connectivity index (χ0v) is 14.5. The van der Waals surface area contributed by atoms with Crippen LogP contribution in [-0.4, -0.2) is 38.4 Å². The summed E-state index contributed by atoms with van der Waals surface area (Å²) in [5.41, 5.74) is 6.82. The molecule has 1 aliphatic carbocycles. The summed E-state index contributed by atoms with van der Waals surface area (Å²) in [4.78, 5) is 12.2. The summed E-state index contributed by atoms with van der Waals surface area (Å²) in [5, 5.41) is 12.5. The topological polar surface area (TPSA) is 93.8 Å². The average molecular weight is 336 g/mol. The highest BCUT2D eigenvalue weighted by atomic mass is 16.5. The number of carbonyl (C=O) groups excluding carboxylic acids is 1. The maximum Gasteiger partial charge on any atom is 0.221 e. The van der Waals surface area contributed by atoms with Crippen molar-refractivity contribution in [2.24, 2.45) is 11.1 Å². The maximum absolute atomic E-state index is 12.2. The minimum Gasteiger partial charge on any atom is -0.493 e. The van der Waals surface area contributed by atoms with E-state index in [1.54, 1.807) is 26.4 Å². The van der Waals surface area contributed by atoms with Crippen LogP contribution in [0.3, 0.4) is 0 Å². The molecular formula is C18H28N2O4. The Kier molecular flexibility index (Phi) is 6.45. The van der Waals surface area contributed by atoms with Gasteiger partial charge in [0.1, 0.15) is 0 Å². The van der Waals surface area contributed by atoms with Crippen molar-refractivity contribution in [2.75, 3.05) is 27.4 Å². The maximum atomic E-state index is 12.2. The highest BCUT2D eigenvalue weighted by Gasteiger charge is 2.33. The molecule has 0 spiro atoms. The van der Waals surface area contributed by atoms with Gasteiger partial charge in [0.25, 0.3) is 0 Å². The van der Waals surface area contributed by atoms with E-state index in [9.17, 15) is 9.90 Å². The molecule has 1 amide bonds. The largest absolute Gasteiger partial charge is 0.493 e. The van der Waals surface area contributed by atoms with Crippen molar-refractivity contribution in [3.8, 4) is 11.5 Å². The molecule has 1 saturated carbocycles. The number of rotatable bonds is 8. The Morgan fingerprint density at radius 3 is 2.54 bits per heavy atom. The van der Waals surface area contributed by atoms with Crippen molar-refractivity contribution in [3.05, 3.63) is 23.8 Å². The zero-order valence-electron chi connectivity index (χ0n) is 14.5. The second kappa shape index (κ2) is 8.35. The van der Waals surface area contributed by atoms with Gasteiger partial charge in [-0.25, -0.2) is 0 Å². The minimum absolute atomic E-state index is 0.1000. The Morgan fingerprint density at radius 1 is 1.29 bits per heavy atom. The van der Waals surface area contributed by atoms with Crippen molar-refractivity contribution in [2.45, 2.75) is 38.1 Å². The molecule has 1 aliphatic rings. The number of carbonyl (C=O) groups is 1. The van der Waals surface area contributed by atoms with Gasteiger partial charge in [0.2, 0.25) is 5.91 Å². The molecule has 0 heterocycles. The van der Waals surface area contributed by atoms with Crippen molar-refractivity contribution < 1.29 is 19.4 Å². The van der Waals surface area contributed by atoms with Crippen LogP contribution in [0.15, 0.2) is 18.2 Å². The number of methoxy groups -OCH3 is 2. The fraction of sp³-hybridized carbons (Fsp3) is 0.611. The number of hydrogen-bond acceptors (Lipinski definition) is 5. The molecule has 4 N–H and O–H groups in total. The number of aliphatic hydroxyl groups is 1. The molecule has 24 heavy (non-hydrogen) atoms. The highest BCUT2D eigenvalue weighted by molar-refractivity contribution is 5.76. The molecule has 1 aromatic rings. The normalized spacial score (nSPS) is 17.3. The third-order valence-corrected chi connectivity index (χ3v) is 4.90. The van der Waals surface area contributed by atoms with Crippen LogP contribution in [0.1, 0.15) is 43.7 Å². The van der Waals surface area contributed by atoms with E-state index in [2.05, 4.69) is 5.32 Å². The summed E-state index contributed by atoms with van der Waals surface area (Å²) in [7, 11) is 3.14. The lowest BCUT2D eigenvalue weighted by molar-refractivity contribution is -0.122. The fourth-order valence-electron chi connectivity index (χ4n) is 3.28. The summed E-state index contributed by atoms with van der Waals surface area (Å²) in [6.45, 7) is 0.635. The smallest absolute Gasteiger partial charge is 0.221 e. The van der Waals surface area contributed by atoms with Gasteiger partial charge in [-0.2, -0.15) is 0 Å². The summed E-state index contributed by atoms with van der Waals surface area (Å²) >= 11 is 0. The summed E-state index contributed by atoms with van der Waals surface area (Å²) in [6, 6.07) is 5.00. The molecule has 2 rings (SSSR count). The van der Waals surface area contributed by atoms with E-state index in [1.807, 2.05) is 6.07 Å². The van der Waals surface area contributed by atoms with E-state index >= 15 is 0 Å². The monoisotopic (exact) mass is 336 g/mol. The third-order valence-electron chi connectivity index (χ3n) is 4.90. The molecule has 0 radical (unpaired) electrons. The molecule has 134 valence electrons. The lowest BCUT2D eigenvalue weighted by Gasteiger charge is -2.27. The van der Waals surface area contributed by atoms with Gasteiger partial charge in [-0.15, -0.1) is 0 Å². The second-order valence-corrected chi connectivity index (χ2v) is 6.57. The van der Waals surface area contributed by atoms with Crippen LogP contribution >= 0.6 is 0 Å². The molecule has 0 bridgehead atoms. The van der Waals surface area contributed by atoms with Gasteiger partial charge < -0.3 is 25.6 Å². The zero-order chi connectivity index (χ0) is 17.6. The molecule has 0 aliphatic heterocycles. The van der Waals surface area contributed by atoms with E-state index in [-0.39, 0.29) is 24.3 Å². The van der Waals surface area contributed by atoms with Gasteiger partial charge in [-0.05, 0) is 30.5 Å². The molecule has 0 unspecified atom stereocenters. The van der Waals surface area contributed by atoms with Gasteiger partial charge >= 0.3 is 0 Å². The number of hydrogen-bond donors (Lipinski definition) is 3. The molecular weight excluding hydrogens is 308 g/mol. The minimum atomic E-state index is -0.418. The quantitative estimate of drug-likeness (QED) is 0.672. The lowest BCUT2D eigenvalue weighted by Crippen LogP contribution is -2.39. The number of ether oxygens (including phenoxy) is 2. The van der Waals surface area contributed by atoms with Crippen LogP contribution < -0.4 is 20.5 Å². The van der Waals surface area contributed by atoms with E-state index in [0.29, 0.717) is 18.0 Å². The predicted octanol–water partition coefficient (Wildman–Crippen LogP) is 1.76. The molecule has 6 heteroatoms. The lowest BCUT2D eigenvalue weighted by atomic mass is 9.87. The van der Waals surface area contributed by atoms with Crippen molar-refractivity contribution in [1.82, 2.24) is 5.32 Å². The van der Waals surface area contributed by atoms with E-state index in [4.69, 9.17) is 15.2 Å². The van der Waals surface area contributed by atoms with Crippen LogP contribution in [0.4, 0.5) is 0 Å². The van der Waals surface area contributed by atoms with E-state index in [1.165, 1.54) is 0 Å². The SMILES string of the molecule is COc1ccc([C@@H](N)CC(=O)NCC2(CO)CCCC2)cc1OC. The predicted molar refractivity (Wildman–Crippen MR) is 92.1 cm³/mol. The van der Waals surface area contributed by atoms with Crippen molar-refractivity contribution in [3.63, 3.8) is 0 Å². The molecule has 0 aromatic heterocycles. The van der Waals surface area contributed by atoms with E-state index < -0.39 is 6.04 Å². The van der Waals surface area contributed by atoms with Crippen molar-refractivity contribution >= 4 is 5.91 Å². The Labute approximate surface area is 143 Å². The second-order valence-electron chi connectivity index (χ2n) is 6.57. The Balaban J connectivity index is 1.91. The van der Waals surface area contributed by atoms with E-state index in [0.717, 1.165) is 31.2 Å². The van der Waals surface area contributed by atoms with Crippen molar-refractivity contribution in [1.29, 1.82) is 0 Å². The number of benzene rings is 1. The summed E-state index contributed by atoms with van der Waals surface area (Å²) in [5.74, 6) is 1.12. The highest BCUT2D eigenvalue weighted by Crippen LogP contribution is 2.37. The third kappa shape index (κ3) is 4.39. The first-order valence-electron chi connectivity index (χ1n) is 8.38. The first kappa shape index (κ1) is 18.5. The van der Waals surface area contributed by atoms with Crippen LogP contribution in [-0.2, 0) is 4.79 Å². The van der Waals surface area contributed by atoms with Gasteiger partial charge in [0.05, 0.1) is 20.8 Å². The number of nitrogens with two attached hydrogens (primary N) is 1. The summed E-state index contributed by atoms with van der Waals surface area (Å²) in [6.07, 6.45) is 4.34. The molecule has 0 saturated heterocycles. The fourth-order valence-corrected chi connectivity index (χ4v) is 3.28. The number of aliphatic hydroxyl groups excluding tert-OH is 1. The van der Waals surface area contributed by atoms with Gasteiger partial charge in [-0.3, -0.25) is 4.79 Å². The first-order valence-corrected chi connectivity index (χ1v) is 8.38. The molecule has 1 aromatic carbocycles. The summed E-state index contributed by atoms with van der Waals surface area (Å²) < 4.78 is 10.5. The molecule has 6 nitrogen and oxygen atoms in total. The Bertz CT molecular complexity index is 556. The van der Waals surface area contributed by atoms with Crippen LogP contribution in [0, 0.1) is 5.41 Å².